The lowest BCUT2D eigenvalue weighted by atomic mass is 9.75. The monoisotopic (exact) mass is 433 g/mol. The van der Waals surface area contributed by atoms with E-state index >= 15 is 0 Å². The molecule has 1 heterocycles. The van der Waals surface area contributed by atoms with Crippen LogP contribution in [0.2, 0.25) is 0 Å². The number of hydrogen-bond acceptors (Lipinski definition) is 6. The number of carbonyl (C=O) groups is 2. The summed E-state index contributed by atoms with van der Waals surface area (Å²) in [6.07, 6.45) is 2.00. The van der Waals surface area contributed by atoms with E-state index in [1.807, 2.05) is 49.4 Å². The molecule has 32 heavy (non-hydrogen) atoms. The van der Waals surface area contributed by atoms with E-state index in [-0.39, 0.29) is 12.4 Å². The topological polar surface area (TPSA) is 73.9 Å². The summed E-state index contributed by atoms with van der Waals surface area (Å²) in [4.78, 5) is 26.5. The SMILES string of the molecule is COc1cccc([C@@H]2C(C(=O)OCc3ccccc3)=C(C)NC3=C2C(=O)CCC3)c1OC. The first-order chi connectivity index (χ1) is 15.5. The van der Waals surface area contributed by atoms with Gasteiger partial charge in [0.25, 0.3) is 0 Å². The van der Waals surface area contributed by atoms with Gasteiger partial charge in [0.15, 0.2) is 17.3 Å². The van der Waals surface area contributed by atoms with Gasteiger partial charge < -0.3 is 19.5 Å². The molecule has 6 nitrogen and oxygen atoms in total. The van der Waals surface area contributed by atoms with Gasteiger partial charge in [-0.05, 0) is 31.4 Å². The van der Waals surface area contributed by atoms with Crippen LogP contribution in [0.5, 0.6) is 11.5 Å². The molecule has 0 saturated carbocycles. The first kappa shape index (κ1) is 21.7. The van der Waals surface area contributed by atoms with Crippen LogP contribution >= 0.6 is 0 Å². The average Bonchev–Trinajstić information content (AvgIpc) is 2.81. The average molecular weight is 434 g/mol. The summed E-state index contributed by atoms with van der Waals surface area (Å²) in [6.45, 7) is 2.00. The van der Waals surface area contributed by atoms with Crippen LogP contribution in [0.1, 0.15) is 43.2 Å². The van der Waals surface area contributed by atoms with Crippen molar-refractivity contribution in [1.29, 1.82) is 0 Å². The van der Waals surface area contributed by atoms with E-state index < -0.39 is 11.9 Å². The van der Waals surface area contributed by atoms with Crippen molar-refractivity contribution in [3.05, 3.63) is 82.2 Å². The third-order valence-corrected chi connectivity index (χ3v) is 5.95. The van der Waals surface area contributed by atoms with E-state index in [0.717, 1.165) is 24.1 Å². The van der Waals surface area contributed by atoms with E-state index in [9.17, 15) is 9.59 Å². The molecule has 1 atom stereocenters. The molecule has 1 aliphatic heterocycles. The summed E-state index contributed by atoms with van der Waals surface area (Å²) in [7, 11) is 3.13. The fourth-order valence-corrected chi connectivity index (χ4v) is 4.51. The number of esters is 1. The Morgan fingerprint density at radius 2 is 1.81 bits per heavy atom. The van der Waals surface area contributed by atoms with E-state index in [1.54, 1.807) is 20.3 Å². The number of ketones is 1. The quantitative estimate of drug-likeness (QED) is 0.680. The number of carbonyl (C=O) groups excluding carboxylic acids is 2. The zero-order chi connectivity index (χ0) is 22.7. The summed E-state index contributed by atoms with van der Waals surface area (Å²) < 4.78 is 16.9. The fraction of sp³-hybridized carbons (Fsp3) is 0.308. The number of ether oxygens (including phenoxy) is 3. The highest BCUT2D eigenvalue weighted by molar-refractivity contribution is 6.04. The van der Waals surface area contributed by atoms with Gasteiger partial charge in [-0.2, -0.15) is 0 Å². The number of benzene rings is 2. The third-order valence-electron chi connectivity index (χ3n) is 5.95. The van der Waals surface area contributed by atoms with Crippen LogP contribution in [0, 0.1) is 0 Å². The zero-order valence-electron chi connectivity index (χ0n) is 18.6. The Bertz CT molecular complexity index is 1100. The van der Waals surface area contributed by atoms with E-state index in [0.29, 0.717) is 40.3 Å². The van der Waals surface area contributed by atoms with E-state index in [1.165, 1.54) is 0 Å². The number of Topliss-reactive ketones (excluding diaryl/α,β-unsaturated/α-hetero) is 1. The van der Waals surface area contributed by atoms with Crippen LogP contribution in [-0.4, -0.2) is 26.0 Å². The lowest BCUT2D eigenvalue weighted by Crippen LogP contribution is -2.34. The minimum Gasteiger partial charge on any atom is -0.493 e. The Hall–Kier alpha value is -3.54. The Morgan fingerprint density at radius 3 is 2.53 bits per heavy atom. The van der Waals surface area contributed by atoms with Gasteiger partial charge >= 0.3 is 5.97 Å². The van der Waals surface area contributed by atoms with Crippen LogP contribution in [0.3, 0.4) is 0 Å². The van der Waals surface area contributed by atoms with Gasteiger partial charge in [-0.1, -0.05) is 42.5 Å². The number of para-hydroxylation sites is 1. The molecular weight excluding hydrogens is 406 g/mol. The normalized spacial score (nSPS) is 18.1. The molecule has 166 valence electrons. The molecule has 0 unspecified atom stereocenters. The largest absolute Gasteiger partial charge is 0.493 e. The van der Waals surface area contributed by atoms with Gasteiger partial charge in [0.2, 0.25) is 0 Å². The minimum atomic E-state index is -0.590. The highest BCUT2D eigenvalue weighted by atomic mass is 16.5. The Balaban J connectivity index is 1.79. The van der Waals surface area contributed by atoms with Crippen LogP contribution in [0.15, 0.2) is 71.1 Å². The van der Waals surface area contributed by atoms with Crippen molar-refractivity contribution >= 4 is 11.8 Å². The van der Waals surface area contributed by atoms with Crippen LogP contribution in [0.25, 0.3) is 0 Å². The maximum Gasteiger partial charge on any atom is 0.337 e. The Morgan fingerprint density at radius 1 is 1.03 bits per heavy atom. The highest BCUT2D eigenvalue weighted by Gasteiger charge is 2.40. The summed E-state index contributed by atoms with van der Waals surface area (Å²) in [5.41, 5.74) is 4.19. The predicted molar refractivity (Wildman–Crippen MR) is 120 cm³/mol. The van der Waals surface area contributed by atoms with Crippen molar-refractivity contribution < 1.29 is 23.8 Å². The summed E-state index contributed by atoms with van der Waals surface area (Å²) in [5.74, 6) is 0.0392. The molecule has 1 aliphatic carbocycles. The second kappa shape index (κ2) is 9.30. The maximum absolute atomic E-state index is 13.4. The molecule has 0 aromatic heterocycles. The number of methoxy groups -OCH3 is 2. The molecule has 0 radical (unpaired) electrons. The van der Waals surface area contributed by atoms with Crippen LogP contribution < -0.4 is 14.8 Å². The molecule has 1 N–H and O–H groups in total. The van der Waals surface area contributed by atoms with Crippen molar-refractivity contribution in [2.45, 2.75) is 38.7 Å². The van der Waals surface area contributed by atoms with E-state index in [2.05, 4.69) is 5.32 Å². The first-order valence-corrected chi connectivity index (χ1v) is 10.7. The van der Waals surface area contributed by atoms with Crippen molar-refractivity contribution in [2.24, 2.45) is 0 Å². The highest BCUT2D eigenvalue weighted by Crippen LogP contribution is 2.47. The second-order valence-electron chi connectivity index (χ2n) is 7.91. The second-order valence-corrected chi connectivity index (χ2v) is 7.91. The standard InChI is InChI=1S/C26H27NO5/c1-16-22(26(29)32-15-17-9-5-4-6-10-17)23(24-19(27-16)12-8-13-20(24)28)18-11-7-14-21(30-2)25(18)31-3/h4-7,9-11,14,23,27H,8,12-13,15H2,1-3H3/t23-/m1/s1. The third kappa shape index (κ3) is 4.00. The molecule has 0 spiro atoms. The molecule has 2 aromatic rings. The molecule has 4 rings (SSSR count). The maximum atomic E-state index is 13.4. The number of dihydropyridines is 1. The molecule has 2 aliphatic rings. The van der Waals surface area contributed by atoms with Crippen LogP contribution in [-0.2, 0) is 20.9 Å². The molecule has 0 saturated heterocycles. The van der Waals surface area contributed by atoms with Crippen molar-refractivity contribution in [3.63, 3.8) is 0 Å². The zero-order valence-corrected chi connectivity index (χ0v) is 18.6. The van der Waals surface area contributed by atoms with Crippen molar-refractivity contribution in [2.75, 3.05) is 14.2 Å². The predicted octanol–water partition coefficient (Wildman–Crippen LogP) is 4.42. The Labute approximate surface area is 187 Å². The van der Waals surface area contributed by atoms with E-state index in [4.69, 9.17) is 14.2 Å². The Kier molecular flexibility index (Phi) is 6.30. The molecule has 6 heteroatoms. The van der Waals surface area contributed by atoms with Crippen LogP contribution in [0.4, 0.5) is 0 Å². The first-order valence-electron chi connectivity index (χ1n) is 10.7. The molecular formula is C26H27NO5. The number of rotatable bonds is 6. The van der Waals surface area contributed by atoms with Gasteiger partial charge in [0.05, 0.1) is 25.7 Å². The van der Waals surface area contributed by atoms with Crippen molar-refractivity contribution in [3.8, 4) is 11.5 Å². The van der Waals surface area contributed by atoms with Crippen molar-refractivity contribution in [1.82, 2.24) is 5.32 Å². The van der Waals surface area contributed by atoms with Gasteiger partial charge in [-0.15, -0.1) is 0 Å². The molecule has 0 bridgehead atoms. The molecule has 2 aromatic carbocycles. The summed E-state index contributed by atoms with van der Waals surface area (Å²) in [6, 6.07) is 15.0. The number of nitrogens with one attached hydrogen (secondary N) is 1. The molecule has 0 fully saturated rings. The number of hydrogen-bond donors (Lipinski definition) is 1. The van der Waals surface area contributed by atoms with Gasteiger partial charge in [0.1, 0.15) is 6.61 Å². The molecule has 0 amide bonds. The summed E-state index contributed by atoms with van der Waals surface area (Å²) in [5, 5.41) is 3.31. The van der Waals surface area contributed by atoms with Gasteiger partial charge in [0, 0.05) is 29.0 Å². The summed E-state index contributed by atoms with van der Waals surface area (Å²) >= 11 is 0. The number of allylic oxidation sites excluding steroid dienone is 3. The fourth-order valence-electron chi connectivity index (χ4n) is 4.51. The smallest absolute Gasteiger partial charge is 0.337 e. The van der Waals surface area contributed by atoms with Gasteiger partial charge in [-0.3, -0.25) is 4.79 Å². The minimum absolute atomic E-state index is 0.0366. The lowest BCUT2D eigenvalue weighted by molar-refractivity contribution is -0.140. The lowest BCUT2D eigenvalue weighted by Gasteiger charge is -2.34. The van der Waals surface area contributed by atoms with Gasteiger partial charge in [-0.25, -0.2) is 4.79 Å².